The molecule has 5 nitrogen and oxygen atoms in total. The van der Waals surface area contributed by atoms with Crippen LogP contribution in [0.2, 0.25) is 5.02 Å². The maximum Gasteiger partial charge on any atom is 0.315 e. The molecule has 20 heavy (non-hydrogen) atoms. The predicted molar refractivity (Wildman–Crippen MR) is 78.9 cm³/mol. The third-order valence-electron chi connectivity index (χ3n) is 2.84. The first-order valence-corrected chi connectivity index (χ1v) is 6.88. The Kier molecular flexibility index (Phi) is 7.36. The molecule has 0 heterocycles. The zero-order valence-corrected chi connectivity index (χ0v) is 12.5. The fraction of sp³-hybridized carbons (Fsp3) is 0.500. The first-order valence-electron chi connectivity index (χ1n) is 6.50. The molecule has 0 aliphatic rings. The molecule has 112 valence electrons. The number of nitrogens with one attached hydrogen (secondary N) is 2. The number of amides is 2. The van der Waals surface area contributed by atoms with Crippen molar-refractivity contribution in [1.29, 1.82) is 0 Å². The number of urea groups is 1. The number of halogens is 1. The number of benzene rings is 1. The van der Waals surface area contributed by atoms with Crippen LogP contribution >= 0.6 is 11.6 Å². The van der Waals surface area contributed by atoms with Crippen molar-refractivity contribution in [2.24, 2.45) is 0 Å². The van der Waals surface area contributed by atoms with E-state index in [1.807, 2.05) is 25.1 Å². The lowest BCUT2D eigenvalue weighted by molar-refractivity contribution is 0.0598. The van der Waals surface area contributed by atoms with Crippen LogP contribution in [0.5, 0.6) is 0 Å². The van der Waals surface area contributed by atoms with Crippen LogP contribution in [0.3, 0.4) is 0 Å². The van der Waals surface area contributed by atoms with Gasteiger partial charge in [0.2, 0.25) is 0 Å². The first kappa shape index (κ1) is 16.8. The van der Waals surface area contributed by atoms with Gasteiger partial charge in [0.05, 0.1) is 18.8 Å². The lowest BCUT2D eigenvalue weighted by Crippen LogP contribution is -2.38. The van der Waals surface area contributed by atoms with E-state index in [4.69, 9.17) is 16.3 Å². The summed E-state index contributed by atoms with van der Waals surface area (Å²) < 4.78 is 4.80. The predicted octanol–water partition coefficient (Wildman–Crippen LogP) is 2.10. The summed E-state index contributed by atoms with van der Waals surface area (Å²) in [5.41, 5.74) is 0.865. The smallest absolute Gasteiger partial charge is 0.315 e. The summed E-state index contributed by atoms with van der Waals surface area (Å²) in [6, 6.07) is 6.90. The van der Waals surface area contributed by atoms with Crippen molar-refractivity contribution < 1.29 is 14.6 Å². The van der Waals surface area contributed by atoms with E-state index in [-0.39, 0.29) is 18.7 Å². The molecule has 2 amide bonds. The molecule has 6 heteroatoms. The fourth-order valence-corrected chi connectivity index (χ4v) is 2.08. The molecule has 0 aliphatic heterocycles. The molecule has 0 saturated heterocycles. The number of carbonyl (C=O) groups is 1. The highest BCUT2D eigenvalue weighted by molar-refractivity contribution is 6.31. The molecule has 0 fully saturated rings. The maximum atomic E-state index is 11.7. The molecular formula is C14H21ClN2O3. The third-order valence-corrected chi connectivity index (χ3v) is 3.19. The van der Waals surface area contributed by atoms with Gasteiger partial charge in [-0.3, -0.25) is 0 Å². The number of methoxy groups -OCH3 is 1. The Morgan fingerprint density at radius 1 is 1.45 bits per heavy atom. The van der Waals surface area contributed by atoms with Crippen LogP contribution in [0.25, 0.3) is 0 Å². The van der Waals surface area contributed by atoms with Crippen LogP contribution in [-0.2, 0) is 4.74 Å². The summed E-state index contributed by atoms with van der Waals surface area (Å²) in [7, 11) is 1.52. The number of ether oxygens (including phenoxy) is 1. The van der Waals surface area contributed by atoms with E-state index in [9.17, 15) is 9.90 Å². The number of hydrogen-bond acceptors (Lipinski definition) is 3. The second kappa shape index (κ2) is 8.79. The molecule has 3 N–H and O–H groups in total. The summed E-state index contributed by atoms with van der Waals surface area (Å²) >= 11 is 6.06. The molecule has 0 aliphatic carbocycles. The van der Waals surface area contributed by atoms with Gasteiger partial charge < -0.3 is 20.5 Å². The largest absolute Gasteiger partial charge is 0.391 e. The van der Waals surface area contributed by atoms with Crippen LogP contribution in [0.1, 0.15) is 24.9 Å². The van der Waals surface area contributed by atoms with Crippen molar-refractivity contribution in [1.82, 2.24) is 10.6 Å². The van der Waals surface area contributed by atoms with Gasteiger partial charge in [-0.15, -0.1) is 0 Å². The zero-order chi connectivity index (χ0) is 15.0. The summed E-state index contributed by atoms with van der Waals surface area (Å²) in [4.78, 5) is 11.7. The highest BCUT2D eigenvalue weighted by atomic mass is 35.5. The topological polar surface area (TPSA) is 70.6 Å². The highest BCUT2D eigenvalue weighted by Crippen LogP contribution is 2.21. The van der Waals surface area contributed by atoms with Crippen molar-refractivity contribution in [3.63, 3.8) is 0 Å². The molecule has 2 unspecified atom stereocenters. The molecule has 1 aromatic carbocycles. The zero-order valence-electron chi connectivity index (χ0n) is 11.7. The Bertz CT molecular complexity index is 429. The number of hydrogen-bond donors (Lipinski definition) is 3. The van der Waals surface area contributed by atoms with Gasteiger partial charge in [0.25, 0.3) is 0 Å². The summed E-state index contributed by atoms with van der Waals surface area (Å²) in [6.07, 6.45) is -0.122. The molecule has 0 bridgehead atoms. The lowest BCUT2D eigenvalue weighted by atomic mass is 10.1. The van der Waals surface area contributed by atoms with Gasteiger partial charge in [-0.1, -0.05) is 29.8 Å². The minimum Gasteiger partial charge on any atom is -0.391 e. The number of carbonyl (C=O) groups excluding carboxylic acids is 1. The van der Waals surface area contributed by atoms with Gasteiger partial charge in [-0.2, -0.15) is 0 Å². The Labute approximate surface area is 124 Å². The second-order valence-electron chi connectivity index (χ2n) is 4.54. The van der Waals surface area contributed by atoms with Gasteiger partial charge >= 0.3 is 6.03 Å². The first-order chi connectivity index (χ1) is 9.54. The van der Waals surface area contributed by atoms with Crippen LogP contribution in [-0.4, -0.2) is 37.5 Å². The SMILES string of the molecule is COCC(O)CCNC(=O)NC(C)c1ccccc1Cl. The standard InChI is InChI=1S/C14H21ClN2O3/c1-10(12-5-3-4-6-13(12)15)17-14(19)16-8-7-11(18)9-20-2/h3-6,10-11,18H,7-9H2,1-2H3,(H2,16,17,19). The number of aliphatic hydroxyl groups excluding tert-OH is 1. The molecule has 0 saturated carbocycles. The lowest BCUT2D eigenvalue weighted by Gasteiger charge is -2.16. The summed E-state index contributed by atoms with van der Waals surface area (Å²) in [5.74, 6) is 0. The van der Waals surface area contributed by atoms with E-state index >= 15 is 0 Å². The average molecular weight is 301 g/mol. The van der Waals surface area contributed by atoms with Gasteiger partial charge in [0.15, 0.2) is 0 Å². The molecule has 0 radical (unpaired) electrons. The molecule has 1 aromatic rings. The van der Waals surface area contributed by atoms with Crippen molar-refractivity contribution >= 4 is 17.6 Å². The molecule has 0 aromatic heterocycles. The van der Waals surface area contributed by atoms with Gasteiger partial charge in [0, 0.05) is 18.7 Å². The Balaban J connectivity index is 2.34. The fourth-order valence-electron chi connectivity index (χ4n) is 1.78. The van der Waals surface area contributed by atoms with Crippen LogP contribution in [0.4, 0.5) is 4.79 Å². The number of rotatable bonds is 7. The van der Waals surface area contributed by atoms with Crippen LogP contribution in [0, 0.1) is 0 Å². The van der Waals surface area contributed by atoms with E-state index in [0.717, 1.165) is 5.56 Å². The van der Waals surface area contributed by atoms with E-state index < -0.39 is 6.10 Å². The molecular weight excluding hydrogens is 280 g/mol. The summed E-state index contributed by atoms with van der Waals surface area (Å²) in [6.45, 7) is 2.51. The van der Waals surface area contributed by atoms with Crippen molar-refractivity contribution in [2.45, 2.75) is 25.5 Å². The van der Waals surface area contributed by atoms with E-state index in [1.54, 1.807) is 6.07 Å². The monoisotopic (exact) mass is 300 g/mol. The van der Waals surface area contributed by atoms with Crippen LogP contribution in [0.15, 0.2) is 24.3 Å². The van der Waals surface area contributed by atoms with Gasteiger partial charge in [0.1, 0.15) is 0 Å². The maximum absolute atomic E-state index is 11.7. The Hall–Kier alpha value is -1.30. The van der Waals surface area contributed by atoms with Crippen molar-refractivity contribution in [2.75, 3.05) is 20.3 Å². The quantitative estimate of drug-likeness (QED) is 0.722. The normalized spacial score (nSPS) is 13.6. The Morgan fingerprint density at radius 3 is 2.80 bits per heavy atom. The highest BCUT2D eigenvalue weighted by Gasteiger charge is 2.12. The summed E-state index contributed by atoms with van der Waals surface area (Å²) in [5, 5.41) is 15.5. The molecule has 1 rings (SSSR count). The van der Waals surface area contributed by atoms with Crippen molar-refractivity contribution in [3.05, 3.63) is 34.9 Å². The number of aliphatic hydroxyl groups is 1. The average Bonchev–Trinajstić information content (AvgIpc) is 2.39. The second-order valence-corrected chi connectivity index (χ2v) is 4.95. The third kappa shape index (κ3) is 5.77. The molecule has 0 spiro atoms. The molecule has 2 atom stereocenters. The van der Waals surface area contributed by atoms with Crippen molar-refractivity contribution in [3.8, 4) is 0 Å². The van der Waals surface area contributed by atoms with Gasteiger partial charge in [-0.25, -0.2) is 4.79 Å². The minimum absolute atomic E-state index is 0.187. The minimum atomic E-state index is -0.568. The Morgan fingerprint density at radius 2 is 2.15 bits per heavy atom. The van der Waals surface area contributed by atoms with Gasteiger partial charge in [-0.05, 0) is 25.0 Å². The van der Waals surface area contributed by atoms with E-state index in [1.165, 1.54) is 7.11 Å². The van der Waals surface area contributed by atoms with E-state index in [0.29, 0.717) is 18.0 Å². The van der Waals surface area contributed by atoms with Crippen LogP contribution < -0.4 is 10.6 Å². The van der Waals surface area contributed by atoms with E-state index in [2.05, 4.69) is 10.6 Å².